The molecule has 0 bridgehead atoms. The van der Waals surface area contributed by atoms with Crippen molar-refractivity contribution in [3.05, 3.63) is 11.6 Å². The molecule has 0 aromatic carbocycles. The Morgan fingerprint density at radius 3 is 2.82 bits per heavy atom. The smallest absolute Gasteiger partial charge is 0.291 e. The fourth-order valence-electron chi connectivity index (χ4n) is 2.46. The summed E-state index contributed by atoms with van der Waals surface area (Å²) in [4.78, 5) is 16.0. The summed E-state index contributed by atoms with van der Waals surface area (Å²) in [5, 5.41) is 9.61. The Hall–Kier alpha value is -1.39. The Balaban J connectivity index is 1.98. The van der Waals surface area contributed by atoms with E-state index in [2.05, 4.69) is 34.3 Å². The monoisotopic (exact) mass is 236 g/mol. The van der Waals surface area contributed by atoms with Crippen LogP contribution in [0.15, 0.2) is 0 Å². The molecule has 0 spiro atoms. The summed E-state index contributed by atoms with van der Waals surface area (Å²) in [6.45, 7) is 6.24. The van der Waals surface area contributed by atoms with E-state index in [1.54, 1.807) is 6.92 Å². The van der Waals surface area contributed by atoms with Crippen LogP contribution in [-0.2, 0) is 0 Å². The number of aryl methyl sites for hydroxylation is 1. The first-order valence-corrected chi connectivity index (χ1v) is 6.28. The summed E-state index contributed by atoms with van der Waals surface area (Å²) in [5.74, 6) is 1.93. The van der Waals surface area contributed by atoms with Gasteiger partial charge in [0.1, 0.15) is 5.82 Å². The van der Waals surface area contributed by atoms with Crippen LogP contribution in [0.5, 0.6) is 0 Å². The van der Waals surface area contributed by atoms with Gasteiger partial charge in [-0.05, 0) is 25.2 Å². The lowest BCUT2D eigenvalue weighted by Gasteiger charge is -2.34. The highest BCUT2D eigenvalue weighted by Crippen LogP contribution is 2.29. The average Bonchev–Trinajstić information content (AvgIpc) is 2.72. The highest BCUT2D eigenvalue weighted by molar-refractivity contribution is 5.90. The van der Waals surface area contributed by atoms with Crippen molar-refractivity contribution in [2.75, 3.05) is 0 Å². The molecule has 1 aliphatic carbocycles. The molecule has 1 saturated carbocycles. The number of amides is 1. The third-order valence-electron chi connectivity index (χ3n) is 3.82. The highest BCUT2D eigenvalue weighted by Gasteiger charge is 2.29. The van der Waals surface area contributed by atoms with Crippen molar-refractivity contribution in [3.63, 3.8) is 0 Å². The van der Waals surface area contributed by atoms with E-state index in [9.17, 15) is 4.79 Å². The molecule has 2 rings (SSSR count). The Morgan fingerprint density at radius 2 is 2.18 bits per heavy atom. The minimum atomic E-state index is -0.166. The standard InChI is InChI=1S/C12H20N4O/c1-7-5-4-6-10(8(7)2)14-12(17)11-13-9(3)15-16-11/h7-8,10H,4-6H2,1-3H3,(H,14,17)(H,13,15,16). The van der Waals surface area contributed by atoms with Crippen molar-refractivity contribution >= 4 is 5.91 Å². The van der Waals surface area contributed by atoms with Crippen molar-refractivity contribution in [1.82, 2.24) is 20.5 Å². The second kappa shape index (κ2) is 4.85. The Morgan fingerprint density at radius 1 is 1.41 bits per heavy atom. The number of nitrogens with zero attached hydrogens (tertiary/aromatic N) is 2. The lowest BCUT2D eigenvalue weighted by atomic mass is 9.78. The van der Waals surface area contributed by atoms with Gasteiger partial charge in [-0.15, -0.1) is 5.10 Å². The molecular formula is C12H20N4O. The van der Waals surface area contributed by atoms with Gasteiger partial charge in [-0.1, -0.05) is 26.7 Å². The molecule has 1 aromatic rings. The second-order valence-corrected chi connectivity index (χ2v) is 5.09. The number of carbonyl (C=O) groups excluding carboxylic acids is 1. The molecule has 1 aromatic heterocycles. The minimum absolute atomic E-state index is 0.166. The van der Waals surface area contributed by atoms with Gasteiger partial charge in [-0.25, -0.2) is 4.98 Å². The predicted octanol–water partition coefficient (Wildman–Crippen LogP) is 1.67. The predicted molar refractivity (Wildman–Crippen MR) is 64.6 cm³/mol. The Kier molecular flexibility index (Phi) is 3.45. The SMILES string of the molecule is Cc1nc(C(=O)NC2CCCC(C)C2C)n[nH]1. The maximum atomic E-state index is 11.9. The summed E-state index contributed by atoms with van der Waals surface area (Å²) < 4.78 is 0. The minimum Gasteiger partial charge on any atom is -0.346 e. The molecule has 5 nitrogen and oxygen atoms in total. The third-order valence-corrected chi connectivity index (χ3v) is 3.82. The van der Waals surface area contributed by atoms with Crippen molar-refractivity contribution in [2.24, 2.45) is 11.8 Å². The van der Waals surface area contributed by atoms with Crippen molar-refractivity contribution in [3.8, 4) is 0 Å². The van der Waals surface area contributed by atoms with Crippen LogP contribution >= 0.6 is 0 Å². The van der Waals surface area contributed by atoms with Gasteiger partial charge < -0.3 is 5.32 Å². The molecule has 17 heavy (non-hydrogen) atoms. The zero-order valence-corrected chi connectivity index (χ0v) is 10.7. The number of nitrogens with one attached hydrogen (secondary N) is 2. The number of H-pyrrole nitrogens is 1. The number of rotatable bonds is 2. The fourth-order valence-corrected chi connectivity index (χ4v) is 2.46. The first kappa shape index (κ1) is 12.1. The van der Waals surface area contributed by atoms with Crippen LogP contribution in [0.3, 0.4) is 0 Å². The summed E-state index contributed by atoms with van der Waals surface area (Å²) in [6.07, 6.45) is 3.50. The van der Waals surface area contributed by atoms with Crippen LogP contribution in [-0.4, -0.2) is 27.1 Å². The molecule has 0 aliphatic heterocycles. The molecule has 1 aliphatic rings. The maximum absolute atomic E-state index is 11.9. The number of aromatic amines is 1. The van der Waals surface area contributed by atoms with E-state index in [1.165, 1.54) is 12.8 Å². The van der Waals surface area contributed by atoms with E-state index < -0.39 is 0 Å². The van der Waals surface area contributed by atoms with Gasteiger partial charge >= 0.3 is 0 Å². The quantitative estimate of drug-likeness (QED) is 0.820. The summed E-state index contributed by atoms with van der Waals surface area (Å²) in [7, 11) is 0. The van der Waals surface area contributed by atoms with Gasteiger partial charge in [0.25, 0.3) is 5.91 Å². The first-order chi connectivity index (χ1) is 8.08. The molecular weight excluding hydrogens is 216 g/mol. The topological polar surface area (TPSA) is 70.7 Å². The van der Waals surface area contributed by atoms with Crippen LogP contribution in [0.1, 0.15) is 49.6 Å². The van der Waals surface area contributed by atoms with E-state index >= 15 is 0 Å². The van der Waals surface area contributed by atoms with E-state index in [1.807, 2.05) is 0 Å². The van der Waals surface area contributed by atoms with Crippen LogP contribution < -0.4 is 5.32 Å². The van der Waals surface area contributed by atoms with E-state index in [4.69, 9.17) is 0 Å². The molecule has 3 unspecified atom stereocenters. The van der Waals surface area contributed by atoms with E-state index in [0.717, 1.165) is 6.42 Å². The molecule has 94 valence electrons. The maximum Gasteiger partial charge on any atom is 0.291 e. The Labute approximate surface area is 101 Å². The molecule has 0 saturated heterocycles. The molecule has 1 fully saturated rings. The van der Waals surface area contributed by atoms with Crippen LogP contribution in [0, 0.1) is 18.8 Å². The zero-order chi connectivity index (χ0) is 12.4. The van der Waals surface area contributed by atoms with Crippen LogP contribution in [0.25, 0.3) is 0 Å². The van der Waals surface area contributed by atoms with Crippen molar-refractivity contribution < 1.29 is 4.79 Å². The number of aromatic nitrogens is 3. The summed E-state index contributed by atoms with van der Waals surface area (Å²) in [5.41, 5.74) is 0. The highest BCUT2D eigenvalue weighted by atomic mass is 16.2. The second-order valence-electron chi connectivity index (χ2n) is 5.09. The molecule has 5 heteroatoms. The van der Waals surface area contributed by atoms with Crippen molar-refractivity contribution in [1.29, 1.82) is 0 Å². The number of hydrogen-bond acceptors (Lipinski definition) is 3. The molecule has 0 radical (unpaired) electrons. The zero-order valence-electron chi connectivity index (χ0n) is 10.7. The van der Waals surface area contributed by atoms with E-state index in [-0.39, 0.29) is 17.8 Å². The van der Waals surface area contributed by atoms with Gasteiger partial charge in [0, 0.05) is 6.04 Å². The third kappa shape index (κ3) is 2.65. The average molecular weight is 236 g/mol. The largest absolute Gasteiger partial charge is 0.346 e. The molecule has 3 atom stereocenters. The number of carbonyl (C=O) groups is 1. The normalized spacial score (nSPS) is 29.0. The van der Waals surface area contributed by atoms with Gasteiger partial charge in [0.05, 0.1) is 0 Å². The molecule has 1 heterocycles. The van der Waals surface area contributed by atoms with Gasteiger partial charge in [0.15, 0.2) is 0 Å². The van der Waals surface area contributed by atoms with Crippen LogP contribution in [0.2, 0.25) is 0 Å². The van der Waals surface area contributed by atoms with Gasteiger partial charge in [-0.2, -0.15) is 0 Å². The molecule has 2 N–H and O–H groups in total. The van der Waals surface area contributed by atoms with Crippen LogP contribution in [0.4, 0.5) is 0 Å². The summed E-state index contributed by atoms with van der Waals surface area (Å²) >= 11 is 0. The van der Waals surface area contributed by atoms with Crippen molar-refractivity contribution in [2.45, 2.75) is 46.1 Å². The summed E-state index contributed by atoms with van der Waals surface area (Å²) in [6, 6.07) is 0.255. The fraction of sp³-hybridized carbons (Fsp3) is 0.750. The van der Waals surface area contributed by atoms with E-state index in [0.29, 0.717) is 17.7 Å². The lowest BCUT2D eigenvalue weighted by Crippen LogP contribution is -2.44. The lowest BCUT2D eigenvalue weighted by molar-refractivity contribution is 0.0881. The van der Waals surface area contributed by atoms with Gasteiger partial charge in [0.2, 0.25) is 5.82 Å². The van der Waals surface area contributed by atoms with Gasteiger partial charge in [-0.3, -0.25) is 9.89 Å². The molecule has 1 amide bonds. The first-order valence-electron chi connectivity index (χ1n) is 6.28. The number of hydrogen-bond donors (Lipinski definition) is 2. The Bertz CT molecular complexity index is 401.